The first-order valence-corrected chi connectivity index (χ1v) is 4.49. The van der Waals surface area contributed by atoms with Crippen LogP contribution in [0.4, 0.5) is 5.82 Å². The molecule has 0 aliphatic carbocycles. The molecule has 2 N–H and O–H groups in total. The molecule has 7 nitrogen and oxygen atoms in total. The minimum absolute atomic E-state index is 0.216. The van der Waals surface area contributed by atoms with E-state index in [2.05, 4.69) is 15.5 Å². The summed E-state index contributed by atoms with van der Waals surface area (Å²) in [6, 6.07) is 3.49. The largest absolute Gasteiger partial charge is 0.480 e. The summed E-state index contributed by atoms with van der Waals surface area (Å²) in [4.78, 5) is 10.1. The Kier molecular flexibility index (Phi) is 4.69. The molecule has 84 valence electrons. The van der Waals surface area contributed by atoms with Crippen LogP contribution in [0.2, 0.25) is 0 Å². The number of nitriles is 1. The van der Waals surface area contributed by atoms with E-state index >= 15 is 0 Å². The molecule has 0 saturated carbocycles. The van der Waals surface area contributed by atoms with Crippen LogP contribution in [0, 0.1) is 11.3 Å². The second-order valence-corrected chi connectivity index (χ2v) is 2.78. The molecule has 0 aromatic carbocycles. The lowest BCUT2D eigenvalue weighted by atomic mass is 10.3. The molecule has 0 fully saturated rings. The van der Waals surface area contributed by atoms with Crippen LogP contribution in [0.25, 0.3) is 0 Å². The van der Waals surface area contributed by atoms with Crippen LogP contribution in [0.15, 0.2) is 12.3 Å². The van der Waals surface area contributed by atoms with E-state index in [1.54, 1.807) is 0 Å². The predicted molar refractivity (Wildman–Crippen MR) is 53.7 cm³/mol. The normalized spacial score (nSPS) is 9.44. The average Bonchev–Trinajstić information content (AvgIpc) is 2.29. The molecule has 0 aliphatic rings. The van der Waals surface area contributed by atoms with Crippen LogP contribution < -0.4 is 5.32 Å². The fraction of sp³-hybridized carbons (Fsp3) is 0.333. The Hall–Kier alpha value is -2.20. The molecule has 0 radical (unpaired) electrons. The number of anilines is 1. The van der Waals surface area contributed by atoms with Crippen LogP contribution in [-0.4, -0.2) is 41.0 Å². The third-order valence-corrected chi connectivity index (χ3v) is 1.61. The van der Waals surface area contributed by atoms with E-state index < -0.39 is 5.97 Å². The maximum atomic E-state index is 10.1. The lowest BCUT2D eigenvalue weighted by Crippen LogP contribution is -2.15. The molecular formula is C9H10N4O3. The van der Waals surface area contributed by atoms with E-state index in [0.29, 0.717) is 17.9 Å². The number of hydrogen-bond acceptors (Lipinski definition) is 6. The van der Waals surface area contributed by atoms with Gasteiger partial charge in [-0.15, -0.1) is 5.10 Å². The first-order chi connectivity index (χ1) is 7.74. The maximum absolute atomic E-state index is 10.1. The molecule has 1 aromatic rings. The highest BCUT2D eigenvalue weighted by Gasteiger charge is 2.02. The van der Waals surface area contributed by atoms with Crippen molar-refractivity contribution in [3.63, 3.8) is 0 Å². The zero-order valence-electron chi connectivity index (χ0n) is 8.38. The number of rotatable bonds is 6. The second kappa shape index (κ2) is 6.31. The minimum Gasteiger partial charge on any atom is -0.480 e. The van der Waals surface area contributed by atoms with Crippen molar-refractivity contribution in [1.82, 2.24) is 10.2 Å². The second-order valence-electron chi connectivity index (χ2n) is 2.78. The SMILES string of the molecule is N#Cc1ccnnc1NCCOCC(=O)O. The number of hydrogen-bond donors (Lipinski definition) is 2. The van der Waals surface area contributed by atoms with Gasteiger partial charge in [0, 0.05) is 6.54 Å². The molecule has 16 heavy (non-hydrogen) atoms. The Morgan fingerprint density at radius 1 is 1.69 bits per heavy atom. The molecule has 0 aliphatic heterocycles. The monoisotopic (exact) mass is 222 g/mol. The van der Waals surface area contributed by atoms with Gasteiger partial charge in [0.2, 0.25) is 0 Å². The Morgan fingerprint density at radius 3 is 3.19 bits per heavy atom. The Bertz CT molecular complexity index is 402. The van der Waals surface area contributed by atoms with E-state index in [1.165, 1.54) is 12.3 Å². The van der Waals surface area contributed by atoms with Crippen LogP contribution >= 0.6 is 0 Å². The number of carbonyl (C=O) groups is 1. The Labute approximate surface area is 91.7 Å². The zero-order chi connectivity index (χ0) is 11.8. The summed E-state index contributed by atoms with van der Waals surface area (Å²) in [6.45, 7) is 0.238. The lowest BCUT2D eigenvalue weighted by Gasteiger charge is -2.05. The lowest BCUT2D eigenvalue weighted by molar-refractivity contribution is -0.142. The van der Waals surface area contributed by atoms with Gasteiger partial charge < -0.3 is 15.2 Å². The zero-order valence-corrected chi connectivity index (χ0v) is 8.38. The van der Waals surface area contributed by atoms with Gasteiger partial charge >= 0.3 is 5.97 Å². The molecule has 0 atom stereocenters. The fourth-order valence-corrected chi connectivity index (χ4v) is 0.954. The van der Waals surface area contributed by atoms with Gasteiger partial charge in [-0.1, -0.05) is 0 Å². The summed E-state index contributed by atoms with van der Waals surface area (Å²) < 4.78 is 4.80. The summed E-state index contributed by atoms with van der Waals surface area (Å²) in [5.74, 6) is -0.652. The molecule has 0 spiro atoms. The first-order valence-electron chi connectivity index (χ1n) is 4.49. The molecule has 0 unspecified atom stereocenters. The third kappa shape index (κ3) is 3.89. The van der Waals surface area contributed by atoms with Crippen molar-refractivity contribution in [2.45, 2.75) is 0 Å². The number of aromatic nitrogens is 2. The number of nitrogens with zero attached hydrogens (tertiary/aromatic N) is 3. The van der Waals surface area contributed by atoms with Gasteiger partial charge in [-0.3, -0.25) is 0 Å². The van der Waals surface area contributed by atoms with Crippen molar-refractivity contribution in [2.24, 2.45) is 0 Å². The number of nitrogens with one attached hydrogen (secondary N) is 1. The number of aliphatic carboxylic acids is 1. The van der Waals surface area contributed by atoms with Crippen molar-refractivity contribution in [3.8, 4) is 6.07 Å². The van der Waals surface area contributed by atoms with E-state index in [-0.39, 0.29) is 13.2 Å². The number of carboxylic acid groups (broad SMARTS) is 1. The Morgan fingerprint density at radius 2 is 2.50 bits per heavy atom. The van der Waals surface area contributed by atoms with E-state index in [1.807, 2.05) is 6.07 Å². The first kappa shape index (κ1) is 11.9. The van der Waals surface area contributed by atoms with Crippen molar-refractivity contribution in [3.05, 3.63) is 17.8 Å². The smallest absolute Gasteiger partial charge is 0.329 e. The highest BCUT2D eigenvalue weighted by Crippen LogP contribution is 2.06. The van der Waals surface area contributed by atoms with Gasteiger partial charge in [0.05, 0.1) is 18.4 Å². The van der Waals surface area contributed by atoms with Crippen molar-refractivity contribution in [2.75, 3.05) is 25.1 Å². The van der Waals surface area contributed by atoms with Gasteiger partial charge in [0.15, 0.2) is 5.82 Å². The number of ether oxygens (including phenoxy) is 1. The third-order valence-electron chi connectivity index (χ3n) is 1.61. The molecule has 0 bridgehead atoms. The molecular weight excluding hydrogens is 212 g/mol. The summed E-state index contributed by atoms with van der Waals surface area (Å²) in [7, 11) is 0. The highest BCUT2D eigenvalue weighted by atomic mass is 16.5. The molecule has 1 rings (SSSR count). The summed E-state index contributed by atoms with van der Waals surface area (Å²) in [5, 5.41) is 27.2. The van der Waals surface area contributed by atoms with Crippen LogP contribution in [-0.2, 0) is 9.53 Å². The van der Waals surface area contributed by atoms with E-state index in [4.69, 9.17) is 15.1 Å². The van der Waals surface area contributed by atoms with Crippen LogP contribution in [0.5, 0.6) is 0 Å². The van der Waals surface area contributed by atoms with Gasteiger partial charge in [0.25, 0.3) is 0 Å². The minimum atomic E-state index is -1.02. The van der Waals surface area contributed by atoms with E-state index in [0.717, 1.165) is 0 Å². The fourth-order valence-electron chi connectivity index (χ4n) is 0.954. The molecule has 1 heterocycles. The maximum Gasteiger partial charge on any atom is 0.329 e. The average molecular weight is 222 g/mol. The van der Waals surface area contributed by atoms with Gasteiger partial charge in [-0.05, 0) is 6.07 Å². The topological polar surface area (TPSA) is 108 Å². The summed E-state index contributed by atoms with van der Waals surface area (Å²) in [6.07, 6.45) is 1.42. The predicted octanol–water partition coefficient (Wildman–Crippen LogP) is -0.139. The quantitative estimate of drug-likeness (QED) is 0.645. The number of carboxylic acids is 1. The molecule has 7 heteroatoms. The highest BCUT2D eigenvalue weighted by molar-refractivity contribution is 5.67. The van der Waals surface area contributed by atoms with Gasteiger partial charge in [-0.2, -0.15) is 10.4 Å². The standard InChI is InChI=1S/C9H10N4O3/c10-5-7-1-2-12-13-9(7)11-3-4-16-6-8(14)15/h1-2H,3-4,6H2,(H,11,13)(H,14,15). The van der Waals surface area contributed by atoms with Crippen LogP contribution in [0.3, 0.4) is 0 Å². The van der Waals surface area contributed by atoms with E-state index in [9.17, 15) is 4.79 Å². The van der Waals surface area contributed by atoms with Crippen molar-refractivity contribution in [1.29, 1.82) is 5.26 Å². The molecule has 1 aromatic heterocycles. The van der Waals surface area contributed by atoms with Gasteiger partial charge in [-0.25, -0.2) is 4.79 Å². The molecule has 0 amide bonds. The Balaban J connectivity index is 2.32. The summed E-state index contributed by atoms with van der Waals surface area (Å²) in [5.41, 5.74) is 0.383. The molecule has 0 saturated heterocycles. The van der Waals surface area contributed by atoms with Crippen molar-refractivity contribution >= 4 is 11.8 Å². The van der Waals surface area contributed by atoms with Gasteiger partial charge in [0.1, 0.15) is 12.7 Å². The van der Waals surface area contributed by atoms with Crippen LogP contribution in [0.1, 0.15) is 5.56 Å². The summed E-state index contributed by atoms with van der Waals surface area (Å²) >= 11 is 0. The van der Waals surface area contributed by atoms with Crippen molar-refractivity contribution < 1.29 is 14.6 Å².